The number of hydrogen-bond donors (Lipinski definition) is 3. The summed E-state index contributed by atoms with van der Waals surface area (Å²) >= 11 is 0. The van der Waals surface area contributed by atoms with Crippen molar-refractivity contribution in [1.82, 2.24) is 9.97 Å². The molecule has 0 saturated heterocycles. The number of primary amides is 1. The summed E-state index contributed by atoms with van der Waals surface area (Å²) in [5.74, 6) is 6.37. The third-order valence-electron chi connectivity index (χ3n) is 4.67. The SMILES string of the molecule is CCc1nc(N)nc(N)c1C#C[C@H](C)c1cccc(-c2ccc(C(N)=O)cc2)c1. The molecular formula is C23H23N5O. The maximum absolute atomic E-state index is 11.3. The molecule has 29 heavy (non-hydrogen) atoms. The first kappa shape index (κ1) is 19.9. The van der Waals surface area contributed by atoms with Crippen LogP contribution < -0.4 is 17.2 Å². The maximum Gasteiger partial charge on any atom is 0.248 e. The number of aromatic nitrogens is 2. The van der Waals surface area contributed by atoms with Gasteiger partial charge in [0.2, 0.25) is 11.9 Å². The second-order valence-electron chi connectivity index (χ2n) is 6.70. The largest absolute Gasteiger partial charge is 0.382 e. The number of hydrogen-bond acceptors (Lipinski definition) is 5. The van der Waals surface area contributed by atoms with Crippen molar-refractivity contribution >= 4 is 17.7 Å². The Kier molecular flexibility index (Phi) is 5.79. The van der Waals surface area contributed by atoms with Crippen LogP contribution in [-0.4, -0.2) is 15.9 Å². The van der Waals surface area contributed by atoms with Gasteiger partial charge in [0.05, 0.1) is 11.3 Å². The molecule has 6 heteroatoms. The standard InChI is InChI=1S/C23H23N5O/c1-3-20-19(21(24)28-23(26)27-20)12-7-14(2)17-5-4-6-18(13-17)15-8-10-16(11-9-15)22(25)29/h4-6,8-11,13-14H,3H2,1-2H3,(H2,25,29)(H4,24,26,27,28)/t14-/m0/s1. The molecule has 1 heterocycles. The van der Waals surface area contributed by atoms with Crippen LogP contribution in [0.5, 0.6) is 0 Å². The fraction of sp³-hybridized carbons (Fsp3) is 0.174. The topological polar surface area (TPSA) is 121 Å². The maximum atomic E-state index is 11.3. The Morgan fingerprint density at radius 1 is 1.07 bits per heavy atom. The molecule has 1 atom stereocenters. The average Bonchev–Trinajstić information content (AvgIpc) is 2.72. The Morgan fingerprint density at radius 2 is 1.79 bits per heavy atom. The number of benzene rings is 2. The molecule has 0 aliphatic carbocycles. The molecule has 0 bridgehead atoms. The molecule has 1 amide bonds. The molecule has 3 aromatic rings. The van der Waals surface area contributed by atoms with E-state index in [0.29, 0.717) is 23.4 Å². The van der Waals surface area contributed by atoms with Crippen LogP contribution in [0.1, 0.15) is 46.9 Å². The molecule has 0 radical (unpaired) electrons. The molecule has 3 rings (SSSR count). The van der Waals surface area contributed by atoms with E-state index >= 15 is 0 Å². The van der Waals surface area contributed by atoms with E-state index in [2.05, 4.69) is 27.9 Å². The summed E-state index contributed by atoms with van der Waals surface area (Å²) in [6.45, 7) is 4.01. The summed E-state index contributed by atoms with van der Waals surface area (Å²) in [6.07, 6.45) is 0.673. The zero-order valence-electron chi connectivity index (χ0n) is 16.4. The summed E-state index contributed by atoms with van der Waals surface area (Å²) in [5.41, 5.74) is 21.9. The van der Waals surface area contributed by atoms with E-state index in [1.165, 1.54) is 0 Å². The third kappa shape index (κ3) is 4.53. The van der Waals surface area contributed by atoms with Crippen LogP contribution in [0.2, 0.25) is 0 Å². The van der Waals surface area contributed by atoms with Gasteiger partial charge in [-0.05, 0) is 48.2 Å². The molecule has 0 saturated carbocycles. The number of anilines is 2. The Labute approximate surface area is 170 Å². The van der Waals surface area contributed by atoms with E-state index in [4.69, 9.17) is 17.2 Å². The Morgan fingerprint density at radius 3 is 2.45 bits per heavy atom. The van der Waals surface area contributed by atoms with Crippen LogP contribution in [0, 0.1) is 11.8 Å². The predicted octanol–water partition coefficient (Wildman–Crippen LogP) is 3.12. The van der Waals surface area contributed by atoms with E-state index in [-0.39, 0.29) is 11.9 Å². The quantitative estimate of drug-likeness (QED) is 0.596. The van der Waals surface area contributed by atoms with Crippen LogP contribution >= 0.6 is 0 Å². The molecule has 0 spiro atoms. The first-order valence-corrected chi connectivity index (χ1v) is 9.32. The van der Waals surface area contributed by atoms with Crippen molar-refractivity contribution in [2.24, 2.45) is 5.73 Å². The predicted molar refractivity (Wildman–Crippen MR) is 116 cm³/mol. The van der Waals surface area contributed by atoms with Gasteiger partial charge in [-0.1, -0.05) is 49.1 Å². The van der Waals surface area contributed by atoms with Gasteiger partial charge in [-0.25, -0.2) is 4.98 Å². The first-order chi connectivity index (χ1) is 13.9. The molecule has 1 aromatic heterocycles. The number of rotatable bonds is 4. The highest BCUT2D eigenvalue weighted by Crippen LogP contribution is 2.25. The van der Waals surface area contributed by atoms with Crippen molar-refractivity contribution in [2.75, 3.05) is 11.5 Å². The average molecular weight is 385 g/mol. The summed E-state index contributed by atoms with van der Waals surface area (Å²) in [4.78, 5) is 19.5. The van der Waals surface area contributed by atoms with E-state index in [0.717, 1.165) is 22.4 Å². The lowest BCUT2D eigenvalue weighted by atomic mass is 9.96. The van der Waals surface area contributed by atoms with E-state index in [9.17, 15) is 4.79 Å². The minimum atomic E-state index is -0.438. The molecule has 146 valence electrons. The van der Waals surface area contributed by atoms with Crippen molar-refractivity contribution in [3.8, 4) is 23.0 Å². The molecule has 0 fully saturated rings. The second-order valence-corrected chi connectivity index (χ2v) is 6.70. The van der Waals surface area contributed by atoms with Gasteiger partial charge in [-0.15, -0.1) is 0 Å². The minimum Gasteiger partial charge on any atom is -0.382 e. The molecule has 2 aromatic carbocycles. The number of nitrogens with two attached hydrogens (primary N) is 3. The summed E-state index contributed by atoms with van der Waals surface area (Å²) in [5, 5.41) is 0. The van der Waals surface area contributed by atoms with E-state index in [1.54, 1.807) is 12.1 Å². The van der Waals surface area contributed by atoms with Crippen molar-refractivity contribution < 1.29 is 4.79 Å². The highest BCUT2D eigenvalue weighted by molar-refractivity contribution is 5.93. The van der Waals surface area contributed by atoms with Crippen LogP contribution in [-0.2, 0) is 6.42 Å². The lowest BCUT2D eigenvalue weighted by molar-refractivity contribution is 0.100. The molecule has 0 aliphatic heterocycles. The Balaban J connectivity index is 1.89. The summed E-state index contributed by atoms with van der Waals surface area (Å²) in [7, 11) is 0. The number of carbonyl (C=O) groups is 1. The summed E-state index contributed by atoms with van der Waals surface area (Å²) < 4.78 is 0. The van der Waals surface area contributed by atoms with Gasteiger partial charge < -0.3 is 17.2 Å². The lowest BCUT2D eigenvalue weighted by Gasteiger charge is -2.09. The van der Waals surface area contributed by atoms with E-state index in [1.807, 2.05) is 44.2 Å². The second kappa shape index (κ2) is 8.44. The molecule has 0 unspecified atom stereocenters. The molecular weight excluding hydrogens is 362 g/mol. The third-order valence-corrected chi connectivity index (χ3v) is 4.67. The fourth-order valence-electron chi connectivity index (χ4n) is 3.02. The molecule has 6 N–H and O–H groups in total. The van der Waals surface area contributed by atoms with Crippen LogP contribution in [0.15, 0.2) is 48.5 Å². The Bertz CT molecular complexity index is 1110. The highest BCUT2D eigenvalue weighted by atomic mass is 16.1. The first-order valence-electron chi connectivity index (χ1n) is 9.32. The van der Waals surface area contributed by atoms with Crippen molar-refractivity contribution in [3.63, 3.8) is 0 Å². The van der Waals surface area contributed by atoms with Crippen molar-refractivity contribution in [3.05, 3.63) is 70.9 Å². The van der Waals surface area contributed by atoms with E-state index < -0.39 is 5.91 Å². The number of aryl methyl sites for hydroxylation is 1. The lowest BCUT2D eigenvalue weighted by Crippen LogP contribution is -2.10. The fourth-order valence-corrected chi connectivity index (χ4v) is 3.02. The smallest absolute Gasteiger partial charge is 0.248 e. The summed E-state index contributed by atoms with van der Waals surface area (Å²) in [6, 6.07) is 15.3. The highest BCUT2D eigenvalue weighted by Gasteiger charge is 2.09. The zero-order chi connectivity index (χ0) is 21.0. The zero-order valence-corrected chi connectivity index (χ0v) is 16.4. The van der Waals surface area contributed by atoms with Gasteiger partial charge >= 0.3 is 0 Å². The molecule has 6 nitrogen and oxygen atoms in total. The number of nitrogen functional groups attached to an aromatic ring is 2. The number of amides is 1. The van der Waals surface area contributed by atoms with Crippen LogP contribution in [0.3, 0.4) is 0 Å². The minimum absolute atomic E-state index is 0.0264. The Hall–Kier alpha value is -3.85. The van der Waals surface area contributed by atoms with Gasteiger partial charge in [-0.3, -0.25) is 4.79 Å². The van der Waals surface area contributed by atoms with Crippen molar-refractivity contribution in [2.45, 2.75) is 26.2 Å². The van der Waals surface area contributed by atoms with Crippen molar-refractivity contribution in [1.29, 1.82) is 0 Å². The van der Waals surface area contributed by atoms with Gasteiger partial charge in [0.15, 0.2) is 0 Å². The van der Waals surface area contributed by atoms with Gasteiger partial charge in [-0.2, -0.15) is 4.98 Å². The van der Waals surface area contributed by atoms with Gasteiger partial charge in [0, 0.05) is 11.5 Å². The number of carbonyl (C=O) groups excluding carboxylic acids is 1. The number of nitrogens with zero attached hydrogens (tertiary/aromatic N) is 2. The molecule has 0 aliphatic rings. The van der Waals surface area contributed by atoms with Crippen LogP contribution in [0.25, 0.3) is 11.1 Å². The monoisotopic (exact) mass is 385 g/mol. The van der Waals surface area contributed by atoms with Gasteiger partial charge in [0.1, 0.15) is 5.82 Å². The van der Waals surface area contributed by atoms with Crippen LogP contribution in [0.4, 0.5) is 11.8 Å². The normalized spacial score (nSPS) is 11.4. The van der Waals surface area contributed by atoms with Gasteiger partial charge in [0.25, 0.3) is 0 Å².